The van der Waals surface area contributed by atoms with Crippen LogP contribution in [0.4, 0.5) is 0 Å². The van der Waals surface area contributed by atoms with Crippen LogP contribution in [-0.2, 0) is 11.2 Å². The number of fused-ring (bicyclic) bond motifs is 1. The van der Waals surface area contributed by atoms with Crippen LogP contribution in [0.5, 0.6) is 0 Å². The minimum absolute atomic E-state index is 0.127. The van der Waals surface area contributed by atoms with E-state index in [-0.39, 0.29) is 12.0 Å². The summed E-state index contributed by atoms with van der Waals surface area (Å²) >= 11 is 0. The Bertz CT molecular complexity index is 520. The molecule has 1 aromatic carbocycles. The summed E-state index contributed by atoms with van der Waals surface area (Å²) in [6.45, 7) is 7.35. The normalized spacial score (nSPS) is 27.4. The summed E-state index contributed by atoms with van der Waals surface area (Å²) in [5, 5.41) is 13.2. The zero-order valence-corrected chi connectivity index (χ0v) is 14.6. The van der Waals surface area contributed by atoms with Crippen molar-refractivity contribution in [2.75, 3.05) is 26.4 Å². The van der Waals surface area contributed by atoms with Crippen molar-refractivity contribution in [2.45, 2.75) is 57.9 Å². The van der Waals surface area contributed by atoms with E-state index < -0.39 is 0 Å². The van der Waals surface area contributed by atoms with E-state index in [2.05, 4.69) is 37.4 Å². The van der Waals surface area contributed by atoms with Crippen molar-refractivity contribution < 1.29 is 9.84 Å². The van der Waals surface area contributed by atoms with Crippen LogP contribution < -0.4 is 5.32 Å². The molecule has 0 aromatic heterocycles. The lowest BCUT2D eigenvalue weighted by Gasteiger charge is -2.33. The van der Waals surface area contributed by atoms with Gasteiger partial charge < -0.3 is 15.2 Å². The van der Waals surface area contributed by atoms with E-state index in [9.17, 15) is 5.11 Å². The number of hydrogen-bond donors (Lipinski definition) is 2. The molecule has 1 saturated heterocycles. The predicted molar refractivity (Wildman–Crippen MR) is 93.8 cm³/mol. The van der Waals surface area contributed by atoms with E-state index in [0.717, 1.165) is 32.6 Å². The molecule has 1 aliphatic heterocycles. The second-order valence-electron chi connectivity index (χ2n) is 7.71. The van der Waals surface area contributed by atoms with Gasteiger partial charge in [0.25, 0.3) is 0 Å². The lowest BCUT2D eigenvalue weighted by atomic mass is 9.81. The molecule has 1 fully saturated rings. The van der Waals surface area contributed by atoms with E-state index in [1.54, 1.807) is 0 Å². The summed E-state index contributed by atoms with van der Waals surface area (Å²) in [7, 11) is 0. The maximum absolute atomic E-state index is 9.40. The summed E-state index contributed by atoms with van der Waals surface area (Å²) in [5.41, 5.74) is 4.58. The van der Waals surface area contributed by atoms with Gasteiger partial charge in [-0.25, -0.2) is 0 Å². The Morgan fingerprint density at radius 3 is 2.96 bits per heavy atom. The molecule has 3 heteroatoms. The van der Waals surface area contributed by atoms with Gasteiger partial charge in [0.05, 0.1) is 6.61 Å². The monoisotopic (exact) mass is 317 g/mol. The summed E-state index contributed by atoms with van der Waals surface area (Å²) in [5.74, 6) is 0.576. The Hall–Kier alpha value is -0.900. The number of nitrogens with one attached hydrogen (secondary N) is 1. The van der Waals surface area contributed by atoms with Crippen molar-refractivity contribution in [3.8, 4) is 0 Å². The predicted octanol–water partition coefficient (Wildman–Crippen LogP) is 3.57. The maximum atomic E-state index is 9.40. The average molecular weight is 317 g/mol. The molecule has 1 heterocycles. The molecule has 2 atom stereocenters. The van der Waals surface area contributed by atoms with E-state index >= 15 is 0 Å². The van der Waals surface area contributed by atoms with Gasteiger partial charge in [0.1, 0.15) is 0 Å². The Kier molecular flexibility index (Phi) is 5.40. The molecular weight excluding hydrogens is 286 g/mol. The standard InChI is InChI=1S/C20H31NO2/c1-15(2)17-7-6-16-4-3-5-19(18(16)12-17)21-13-20(8-10-22)9-11-23-14-20/h6-7,12,15,19,21-22H,3-5,8-11,13-14H2,1-2H3. The largest absolute Gasteiger partial charge is 0.396 e. The first kappa shape index (κ1) is 16.9. The van der Waals surface area contributed by atoms with Crippen LogP contribution in [0, 0.1) is 5.41 Å². The fourth-order valence-corrected chi connectivity index (χ4v) is 4.04. The highest BCUT2D eigenvalue weighted by Crippen LogP contribution is 2.35. The quantitative estimate of drug-likeness (QED) is 0.843. The minimum atomic E-state index is 0.127. The van der Waals surface area contributed by atoms with Crippen LogP contribution in [0.3, 0.4) is 0 Å². The van der Waals surface area contributed by atoms with E-state index in [1.165, 1.54) is 36.0 Å². The van der Waals surface area contributed by atoms with Crippen molar-refractivity contribution in [2.24, 2.45) is 5.41 Å². The van der Waals surface area contributed by atoms with Gasteiger partial charge in [0.15, 0.2) is 0 Å². The smallest absolute Gasteiger partial charge is 0.0536 e. The van der Waals surface area contributed by atoms with Crippen LogP contribution in [0.25, 0.3) is 0 Å². The fourth-order valence-electron chi connectivity index (χ4n) is 4.04. The molecule has 3 nitrogen and oxygen atoms in total. The number of ether oxygens (including phenoxy) is 1. The lowest BCUT2D eigenvalue weighted by Crippen LogP contribution is -2.38. The molecule has 0 saturated carbocycles. The third-order valence-electron chi connectivity index (χ3n) is 5.70. The number of aliphatic hydroxyl groups excluding tert-OH is 1. The van der Waals surface area contributed by atoms with E-state index in [0.29, 0.717) is 12.0 Å². The molecule has 0 bridgehead atoms. The molecule has 2 aliphatic rings. The number of rotatable bonds is 6. The van der Waals surface area contributed by atoms with E-state index in [4.69, 9.17) is 4.74 Å². The summed E-state index contributed by atoms with van der Waals surface area (Å²) < 4.78 is 5.62. The number of benzene rings is 1. The van der Waals surface area contributed by atoms with Gasteiger partial charge in [-0.15, -0.1) is 0 Å². The molecule has 1 aliphatic carbocycles. The molecule has 0 radical (unpaired) electrons. The average Bonchev–Trinajstić information content (AvgIpc) is 3.01. The Morgan fingerprint density at radius 2 is 2.26 bits per heavy atom. The molecule has 2 N–H and O–H groups in total. The van der Waals surface area contributed by atoms with Crippen LogP contribution in [0.15, 0.2) is 18.2 Å². The highest BCUT2D eigenvalue weighted by Gasteiger charge is 2.35. The minimum Gasteiger partial charge on any atom is -0.396 e. The van der Waals surface area contributed by atoms with Crippen LogP contribution >= 0.6 is 0 Å². The van der Waals surface area contributed by atoms with Crippen LogP contribution in [-0.4, -0.2) is 31.5 Å². The summed E-state index contributed by atoms with van der Waals surface area (Å²) in [6.07, 6.45) is 5.58. The lowest BCUT2D eigenvalue weighted by molar-refractivity contribution is 0.121. The zero-order chi connectivity index (χ0) is 16.3. The number of aryl methyl sites for hydroxylation is 1. The Balaban J connectivity index is 1.73. The summed E-state index contributed by atoms with van der Waals surface area (Å²) in [4.78, 5) is 0. The van der Waals surface area contributed by atoms with Gasteiger partial charge >= 0.3 is 0 Å². The Labute approximate surface area is 140 Å². The summed E-state index contributed by atoms with van der Waals surface area (Å²) in [6, 6.07) is 7.50. The molecule has 128 valence electrons. The number of hydrogen-bond acceptors (Lipinski definition) is 3. The van der Waals surface area contributed by atoms with Gasteiger partial charge in [0, 0.05) is 31.2 Å². The third-order valence-corrected chi connectivity index (χ3v) is 5.70. The zero-order valence-electron chi connectivity index (χ0n) is 14.6. The fraction of sp³-hybridized carbons (Fsp3) is 0.700. The molecule has 1 aromatic rings. The maximum Gasteiger partial charge on any atom is 0.0536 e. The van der Waals surface area contributed by atoms with Crippen molar-refractivity contribution in [1.29, 1.82) is 0 Å². The van der Waals surface area contributed by atoms with Crippen molar-refractivity contribution in [3.63, 3.8) is 0 Å². The van der Waals surface area contributed by atoms with Gasteiger partial charge in [-0.1, -0.05) is 32.0 Å². The molecule has 23 heavy (non-hydrogen) atoms. The van der Waals surface area contributed by atoms with Crippen molar-refractivity contribution >= 4 is 0 Å². The Morgan fingerprint density at radius 1 is 1.39 bits per heavy atom. The van der Waals surface area contributed by atoms with Crippen LogP contribution in [0.1, 0.15) is 68.2 Å². The molecule has 2 unspecified atom stereocenters. The first-order valence-corrected chi connectivity index (χ1v) is 9.18. The first-order chi connectivity index (χ1) is 11.1. The molecule has 0 amide bonds. The SMILES string of the molecule is CC(C)c1ccc2c(c1)C(NCC1(CCO)CCOC1)CCC2. The molecule has 3 rings (SSSR count). The number of aliphatic hydroxyl groups is 1. The molecular formula is C20H31NO2. The van der Waals surface area contributed by atoms with E-state index in [1.807, 2.05) is 0 Å². The highest BCUT2D eigenvalue weighted by molar-refractivity contribution is 5.37. The van der Waals surface area contributed by atoms with Crippen molar-refractivity contribution in [1.82, 2.24) is 5.32 Å². The first-order valence-electron chi connectivity index (χ1n) is 9.18. The molecule has 0 spiro atoms. The topological polar surface area (TPSA) is 41.5 Å². The van der Waals surface area contributed by atoms with Crippen molar-refractivity contribution in [3.05, 3.63) is 34.9 Å². The van der Waals surface area contributed by atoms with Gasteiger partial charge in [0.2, 0.25) is 0 Å². The van der Waals surface area contributed by atoms with Gasteiger partial charge in [-0.3, -0.25) is 0 Å². The van der Waals surface area contributed by atoms with Gasteiger partial charge in [-0.05, 0) is 54.7 Å². The third kappa shape index (κ3) is 3.78. The highest BCUT2D eigenvalue weighted by atomic mass is 16.5. The van der Waals surface area contributed by atoms with Gasteiger partial charge in [-0.2, -0.15) is 0 Å². The second-order valence-corrected chi connectivity index (χ2v) is 7.71. The van der Waals surface area contributed by atoms with Crippen LogP contribution in [0.2, 0.25) is 0 Å². The second kappa shape index (κ2) is 7.33.